The van der Waals surface area contributed by atoms with Crippen molar-refractivity contribution in [3.8, 4) is 23.0 Å². The summed E-state index contributed by atoms with van der Waals surface area (Å²) in [6.45, 7) is 1.39. The van der Waals surface area contributed by atoms with Crippen molar-refractivity contribution in [3.05, 3.63) is 46.5 Å². The van der Waals surface area contributed by atoms with Gasteiger partial charge in [-0.3, -0.25) is 4.90 Å². The minimum absolute atomic E-state index is 0.277. The van der Waals surface area contributed by atoms with Gasteiger partial charge >= 0.3 is 0 Å². The molecule has 0 amide bonds. The van der Waals surface area contributed by atoms with Crippen molar-refractivity contribution in [1.29, 1.82) is 0 Å². The maximum atomic E-state index is 12.6. The van der Waals surface area contributed by atoms with Crippen LogP contribution in [0.3, 0.4) is 0 Å². The molecule has 3 aliphatic heterocycles. The Morgan fingerprint density at radius 1 is 1.03 bits per heavy atom. The number of halogens is 2. The molecule has 0 aliphatic carbocycles. The Bertz CT molecular complexity index is 934. The molecule has 154 valence electrons. The lowest BCUT2D eigenvalue weighted by Gasteiger charge is -2.36. The molecule has 0 bridgehead atoms. The second kappa shape index (κ2) is 7.37. The van der Waals surface area contributed by atoms with Gasteiger partial charge in [0, 0.05) is 19.1 Å². The van der Waals surface area contributed by atoms with E-state index in [1.54, 1.807) is 0 Å². The predicted molar refractivity (Wildman–Crippen MR) is 102 cm³/mol. The van der Waals surface area contributed by atoms with Gasteiger partial charge in [0.15, 0.2) is 23.0 Å². The van der Waals surface area contributed by atoms with Crippen LogP contribution in [-0.2, 0) is 19.4 Å². The van der Waals surface area contributed by atoms with Crippen LogP contribution >= 0.6 is 0 Å². The minimum Gasteiger partial charge on any atom is -0.493 e. The number of alkyl halides is 2. The van der Waals surface area contributed by atoms with E-state index in [0.29, 0.717) is 11.5 Å². The first-order valence-corrected chi connectivity index (χ1v) is 9.89. The monoisotopic (exact) mass is 403 g/mol. The molecule has 0 spiro atoms. The summed E-state index contributed by atoms with van der Waals surface area (Å²) >= 11 is 0. The average Bonchev–Trinajstić information content (AvgIpc) is 3.09. The third-order valence-electron chi connectivity index (χ3n) is 6.01. The Kier molecular flexibility index (Phi) is 4.70. The van der Waals surface area contributed by atoms with Crippen molar-refractivity contribution in [3.63, 3.8) is 0 Å². The molecule has 7 heteroatoms. The van der Waals surface area contributed by atoms with Crippen LogP contribution in [-0.4, -0.2) is 38.4 Å². The first kappa shape index (κ1) is 18.5. The molecule has 0 fully saturated rings. The Morgan fingerprint density at radius 3 is 2.62 bits per heavy atom. The van der Waals surface area contributed by atoms with Crippen molar-refractivity contribution in [2.45, 2.75) is 38.3 Å². The van der Waals surface area contributed by atoms with Crippen molar-refractivity contribution >= 4 is 0 Å². The van der Waals surface area contributed by atoms with Crippen LogP contribution in [0.2, 0.25) is 0 Å². The van der Waals surface area contributed by atoms with Crippen LogP contribution in [0, 0.1) is 0 Å². The first-order chi connectivity index (χ1) is 14.1. The zero-order valence-electron chi connectivity index (χ0n) is 16.2. The van der Waals surface area contributed by atoms with Crippen molar-refractivity contribution < 1.29 is 27.7 Å². The molecule has 5 nitrogen and oxygen atoms in total. The largest absolute Gasteiger partial charge is 0.493 e. The molecule has 2 aromatic rings. The van der Waals surface area contributed by atoms with Gasteiger partial charge in [-0.1, -0.05) is 0 Å². The summed E-state index contributed by atoms with van der Waals surface area (Å²) in [5, 5.41) is 0. The van der Waals surface area contributed by atoms with Crippen LogP contribution in [0.1, 0.15) is 34.7 Å². The summed E-state index contributed by atoms with van der Waals surface area (Å²) in [5.41, 5.74) is 4.92. The van der Waals surface area contributed by atoms with Gasteiger partial charge in [-0.25, -0.2) is 8.78 Å². The van der Waals surface area contributed by atoms with E-state index in [0.717, 1.165) is 55.0 Å². The molecule has 1 atom stereocenters. The number of ether oxygens (including phenoxy) is 4. The number of fused-ring (bicyclic) bond motifs is 5. The fourth-order valence-corrected chi connectivity index (χ4v) is 4.63. The molecular formula is C22H23F2NO4. The van der Waals surface area contributed by atoms with E-state index < -0.39 is 13.0 Å². The number of rotatable bonds is 4. The summed E-state index contributed by atoms with van der Waals surface area (Å²) in [4.78, 5) is 2.48. The summed E-state index contributed by atoms with van der Waals surface area (Å²) in [5.74, 6) is 2.54. The van der Waals surface area contributed by atoms with E-state index in [9.17, 15) is 8.78 Å². The number of methoxy groups -OCH3 is 1. The molecule has 2 aromatic carbocycles. The quantitative estimate of drug-likeness (QED) is 0.768. The van der Waals surface area contributed by atoms with Crippen molar-refractivity contribution in [2.75, 3.05) is 27.1 Å². The van der Waals surface area contributed by atoms with Crippen LogP contribution < -0.4 is 18.9 Å². The Morgan fingerprint density at radius 2 is 1.83 bits per heavy atom. The van der Waals surface area contributed by atoms with Gasteiger partial charge in [-0.15, -0.1) is 0 Å². The highest BCUT2D eigenvalue weighted by Crippen LogP contribution is 2.44. The van der Waals surface area contributed by atoms with Crippen molar-refractivity contribution in [1.82, 2.24) is 4.90 Å². The first-order valence-electron chi connectivity index (χ1n) is 9.89. The molecule has 0 saturated carbocycles. The van der Waals surface area contributed by atoms with Gasteiger partial charge in [-0.05, 0) is 65.8 Å². The lowest BCUT2D eigenvalue weighted by atomic mass is 9.89. The van der Waals surface area contributed by atoms with Crippen LogP contribution in [0.15, 0.2) is 24.3 Å². The normalized spacial score (nSPS) is 19.9. The van der Waals surface area contributed by atoms with E-state index in [1.165, 1.54) is 18.2 Å². The number of aryl methyl sites for hydroxylation is 1. The third-order valence-corrected chi connectivity index (χ3v) is 6.01. The zero-order valence-corrected chi connectivity index (χ0v) is 16.2. The van der Waals surface area contributed by atoms with Gasteiger partial charge in [0.2, 0.25) is 6.79 Å². The molecule has 5 rings (SSSR count). The fourth-order valence-electron chi connectivity index (χ4n) is 4.63. The average molecular weight is 403 g/mol. The number of hydrogen-bond donors (Lipinski definition) is 0. The van der Waals surface area contributed by atoms with E-state index in [2.05, 4.69) is 17.0 Å². The molecule has 0 N–H and O–H groups in total. The number of benzene rings is 2. The molecule has 0 radical (unpaired) electrons. The van der Waals surface area contributed by atoms with Gasteiger partial charge in [0.25, 0.3) is 6.43 Å². The lowest BCUT2D eigenvalue weighted by molar-refractivity contribution is 0.0804. The summed E-state index contributed by atoms with van der Waals surface area (Å²) in [6.07, 6.45) is 0.237. The second-order valence-electron chi connectivity index (χ2n) is 7.65. The Labute approximate surface area is 168 Å². The fraction of sp³-hybridized carbons (Fsp3) is 0.455. The van der Waals surface area contributed by atoms with Gasteiger partial charge in [0.05, 0.1) is 7.11 Å². The van der Waals surface area contributed by atoms with E-state index in [4.69, 9.17) is 18.9 Å². The summed E-state index contributed by atoms with van der Waals surface area (Å²) in [7, 11) is 1.54. The molecule has 0 saturated heterocycles. The summed E-state index contributed by atoms with van der Waals surface area (Å²) < 4.78 is 47.1. The third kappa shape index (κ3) is 3.37. The maximum absolute atomic E-state index is 12.6. The second-order valence-corrected chi connectivity index (χ2v) is 7.65. The van der Waals surface area contributed by atoms with Crippen LogP contribution in [0.5, 0.6) is 23.0 Å². The van der Waals surface area contributed by atoms with Crippen LogP contribution in [0.4, 0.5) is 8.78 Å². The minimum atomic E-state index is -2.52. The zero-order chi connectivity index (χ0) is 20.0. The SMILES string of the molecule is COc1cc2c(cc1OCC(F)F)CC[C@H]1c3cc4c(cc3CCN1C2)OCO4. The van der Waals surface area contributed by atoms with E-state index in [1.807, 2.05) is 12.1 Å². The van der Waals surface area contributed by atoms with Gasteiger partial charge in [0.1, 0.15) is 6.61 Å². The number of nitrogens with zero attached hydrogens (tertiary/aromatic N) is 1. The predicted octanol–water partition coefficient (Wildman–Crippen LogP) is 4.11. The molecule has 0 aromatic heterocycles. The molecular weight excluding hydrogens is 380 g/mol. The highest BCUT2D eigenvalue weighted by Gasteiger charge is 2.32. The summed E-state index contributed by atoms with van der Waals surface area (Å²) in [6, 6.07) is 8.34. The van der Waals surface area contributed by atoms with Gasteiger partial charge < -0.3 is 18.9 Å². The Hall–Kier alpha value is -2.54. The topological polar surface area (TPSA) is 40.2 Å². The lowest BCUT2D eigenvalue weighted by Crippen LogP contribution is -2.34. The van der Waals surface area contributed by atoms with E-state index >= 15 is 0 Å². The molecule has 0 unspecified atom stereocenters. The number of hydrogen-bond acceptors (Lipinski definition) is 5. The highest BCUT2D eigenvalue weighted by molar-refractivity contribution is 5.52. The van der Waals surface area contributed by atoms with Crippen molar-refractivity contribution in [2.24, 2.45) is 0 Å². The molecule has 29 heavy (non-hydrogen) atoms. The highest BCUT2D eigenvalue weighted by atomic mass is 19.3. The smallest absolute Gasteiger partial charge is 0.272 e. The van der Waals surface area contributed by atoms with Gasteiger partial charge in [-0.2, -0.15) is 0 Å². The van der Waals surface area contributed by atoms with Crippen LogP contribution in [0.25, 0.3) is 0 Å². The Balaban J connectivity index is 1.45. The molecule has 3 aliphatic rings. The standard InChI is InChI=1S/C22H23F2NO4/c1-26-18-8-15-10-25-5-4-14-7-20-21(29-12-28-20)9-16(14)17(25)3-2-13(15)6-19(18)27-11-22(23)24/h6-9,17,22H,2-5,10-12H2,1H3/t17-/m0/s1. The van der Waals surface area contributed by atoms with E-state index in [-0.39, 0.29) is 12.8 Å². The maximum Gasteiger partial charge on any atom is 0.272 e. The molecule has 3 heterocycles.